The molecule has 11 heteroatoms. The Kier molecular flexibility index (Phi) is 5.12. The number of hydrogen-bond donors (Lipinski definition) is 1. The topological polar surface area (TPSA) is 94.2 Å². The van der Waals surface area contributed by atoms with Crippen molar-refractivity contribution >= 4 is 28.9 Å². The second kappa shape index (κ2) is 6.93. The number of anilines is 1. The SMILES string of the molecule is O=C(Cn1cc(C(F)(F)F)ccc1=O)Nc1ccc(Cl)cc1[N+](=O)[O-]. The lowest BCUT2D eigenvalue weighted by Gasteiger charge is -2.11. The number of carbonyl (C=O) groups excluding carboxylic acids is 1. The van der Waals surface area contributed by atoms with Crippen molar-refractivity contribution in [3.8, 4) is 0 Å². The largest absolute Gasteiger partial charge is 0.417 e. The number of pyridine rings is 1. The number of halogens is 4. The Hall–Kier alpha value is -2.88. The first-order chi connectivity index (χ1) is 11.6. The minimum absolute atomic E-state index is 0.0683. The molecule has 0 fully saturated rings. The van der Waals surface area contributed by atoms with E-state index < -0.39 is 40.4 Å². The maximum atomic E-state index is 12.7. The summed E-state index contributed by atoms with van der Waals surface area (Å²) in [5, 5.41) is 13.2. The number of hydrogen-bond acceptors (Lipinski definition) is 4. The third-order valence-electron chi connectivity index (χ3n) is 3.06. The highest BCUT2D eigenvalue weighted by Crippen LogP contribution is 2.29. The smallest absolute Gasteiger partial charge is 0.319 e. The molecule has 0 aliphatic rings. The van der Waals surface area contributed by atoms with Crippen LogP contribution in [0, 0.1) is 10.1 Å². The van der Waals surface area contributed by atoms with Gasteiger partial charge in [-0.1, -0.05) is 11.6 Å². The molecule has 0 radical (unpaired) electrons. The van der Waals surface area contributed by atoms with E-state index in [2.05, 4.69) is 5.32 Å². The standard InChI is InChI=1S/C14H9ClF3N3O4/c15-9-2-3-10(11(5-9)21(24)25)19-12(22)7-20-6-8(14(16,17)18)1-4-13(20)23/h1-6H,7H2,(H,19,22). The number of nitro groups is 1. The van der Waals surface area contributed by atoms with Crippen molar-refractivity contribution < 1.29 is 22.9 Å². The summed E-state index contributed by atoms with van der Waals surface area (Å²) in [4.78, 5) is 33.7. The summed E-state index contributed by atoms with van der Waals surface area (Å²) in [6.07, 6.45) is -4.18. The molecule has 0 spiro atoms. The highest BCUT2D eigenvalue weighted by Gasteiger charge is 2.31. The predicted octanol–water partition coefficient (Wildman–Crippen LogP) is 3.07. The first kappa shape index (κ1) is 18.5. The van der Waals surface area contributed by atoms with Crippen LogP contribution in [0.3, 0.4) is 0 Å². The Morgan fingerprint density at radius 1 is 1.28 bits per heavy atom. The Morgan fingerprint density at radius 3 is 2.56 bits per heavy atom. The van der Waals surface area contributed by atoms with E-state index in [1.807, 2.05) is 0 Å². The second-order valence-corrected chi connectivity index (χ2v) is 5.28. The van der Waals surface area contributed by atoms with Crippen LogP contribution in [0.4, 0.5) is 24.5 Å². The fourth-order valence-corrected chi connectivity index (χ4v) is 2.09. The third-order valence-corrected chi connectivity index (χ3v) is 3.29. The lowest BCUT2D eigenvalue weighted by Crippen LogP contribution is -2.28. The zero-order valence-electron chi connectivity index (χ0n) is 12.2. The molecule has 0 unspecified atom stereocenters. The predicted molar refractivity (Wildman–Crippen MR) is 82.4 cm³/mol. The van der Waals surface area contributed by atoms with Crippen LogP contribution in [-0.4, -0.2) is 15.4 Å². The van der Waals surface area contributed by atoms with Gasteiger partial charge >= 0.3 is 6.18 Å². The molecule has 7 nitrogen and oxygen atoms in total. The van der Waals surface area contributed by atoms with Crippen molar-refractivity contribution in [2.75, 3.05) is 5.32 Å². The van der Waals surface area contributed by atoms with Gasteiger partial charge in [-0.05, 0) is 18.2 Å². The van der Waals surface area contributed by atoms with Crippen molar-refractivity contribution in [3.05, 3.63) is 67.6 Å². The molecule has 0 aliphatic carbocycles. The summed E-state index contributed by atoms with van der Waals surface area (Å²) >= 11 is 5.64. The number of aromatic nitrogens is 1. The molecule has 0 saturated carbocycles. The molecule has 25 heavy (non-hydrogen) atoms. The number of nitro benzene ring substituents is 1. The van der Waals surface area contributed by atoms with E-state index in [1.54, 1.807) is 0 Å². The van der Waals surface area contributed by atoms with Gasteiger partial charge in [0.15, 0.2) is 0 Å². The van der Waals surface area contributed by atoms with Gasteiger partial charge in [-0.2, -0.15) is 13.2 Å². The van der Waals surface area contributed by atoms with Crippen molar-refractivity contribution in [2.45, 2.75) is 12.7 Å². The summed E-state index contributed by atoms with van der Waals surface area (Å²) in [7, 11) is 0. The highest BCUT2D eigenvalue weighted by atomic mass is 35.5. The zero-order valence-corrected chi connectivity index (χ0v) is 13.0. The average molecular weight is 376 g/mol. The lowest BCUT2D eigenvalue weighted by atomic mass is 10.2. The second-order valence-electron chi connectivity index (χ2n) is 4.85. The van der Waals surface area contributed by atoms with E-state index in [-0.39, 0.29) is 10.7 Å². The van der Waals surface area contributed by atoms with E-state index in [0.29, 0.717) is 22.9 Å². The van der Waals surface area contributed by atoms with Crippen LogP contribution in [0.2, 0.25) is 5.02 Å². The van der Waals surface area contributed by atoms with Gasteiger partial charge in [-0.15, -0.1) is 0 Å². The monoisotopic (exact) mass is 375 g/mol. The number of rotatable bonds is 4. The summed E-state index contributed by atoms with van der Waals surface area (Å²) in [5.74, 6) is -0.910. The van der Waals surface area contributed by atoms with E-state index in [4.69, 9.17) is 11.6 Å². The molecule has 0 atom stereocenters. The summed E-state index contributed by atoms with van der Waals surface area (Å²) < 4.78 is 38.5. The van der Waals surface area contributed by atoms with E-state index >= 15 is 0 Å². The molecule has 0 bridgehead atoms. The fraction of sp³-hybridized carbons (Fsp3) is 0.143. The number of amides is 1. The molecule has 0 saturated heterocycles. The molecule has 1 N–H and O–H groups in total. The minimum atomic E-state index is -4.68. The van der Waals surface area contributed by atoms with Crippen LogP contribution in [0.1, 0.15) is 5.56 Å². The van der Waals surface area contributed by atoms with Gasteiger partial charge in [0.05, 0.1) is 10.5 Å². The van der Waals surface area contributed by atoms with Crippen LogP contribution in [-0.2, 0) is 17.5 Å². The van der Waals surface area contributed by atoms with Crippen molar-refractivity contribution in [3.63, 3.8) is 0 Å². The first-order valence-electron chi connectivity index (χ1n) is 6.59. The normalized spacial score (nSPS) is 11.2. The van der Waals surface area contributed by atoms with Gasteiger partial charge in [0.1, 0.15) is 12.2 Å². The van der Waals surface area contributed by atoms with Crippen LogP contribution < -0.4 is 10.9 Å². The zero-order chi connectivity index (χ0) is 18.8. The van der Waals surface area contributed by atoms with Crippen LogP contribution in [0.15, 0.2) is 41.3 Å². The van der Waals surface area contributed by atoms with Gasteiger partial charge in [0.25, 0.3) is 11.2 Å². The Morgan fingerprint density at radius 2 is 1.96 bits per heavy atom. The molecular weight excluding hydrogens is 367 g/mol. The van der Waals surface area contributed by atoms with Crippen LogP contribution in [0.25, 0.3) is 0 Å². The maximum absolute atomic E-state index is 12.7. The highest BCUT2D eigenvalue weighted by molar-refractivity contribution is 6.31. The molecular formula is C14H9ClF3N3O4. The fourth-order valence-electron chi connectivity index (χ4n) is 1.93. The van der Waals surface area contributed by atoms with Gasteiger partial charge in [0, 0.05) is 23.4 Å². The molecule has 2 rings (SSSR count). The number of nitrogens with one attached hydrogen (secondary N) is 1. The van der Waals surface area contributed by atoms with Gasteiger partial charge < -0.3 is 9.88 Å². The Bertz CT molecular complexity index is 896. The molecule has 0 aliphatic heterocycles. The van der Waals surface area contributed by atoms with E-state index in [0.717, 1.165) is 6.07 Å². The van der Waals surface area contributed by atoms with E-state index in [1.165, 1.54) is 12.1 Å². The van der Waals surface area contributed by atoms with Gasteiger partial charge in [0.2, 0.25) is 5.91 Å². The maximum Gasteiger partial charge on any atom is 0.417 e. The molecule has 1 aromatic carbocycles. The van der Waals surface area contributed by atoms with Gasteiger partial charge in [-0.3, -0.25) is 19.7 Å². The summed E-state index contributed by atoms with van der Waals surface area (Å²) in [6, 6.07) is 4.75. The third kappa shape index (κ3) is 4.57. The molecule has 1 amide bonds. The minimum Gasteiger partial charge on any atom is -0.319 e. The number of carbonyl (C=O) groups is 1. The molecule has 1 aromatic heterocycles. The summed E-state index contributed by atoms with van der Waals surface area (Å²) in [6.45, 7) is -0.747. The van der Waals surface area contributed by atoms with Crippen molar-refractivity contribution in [2.24, 2.45) is 0 Å². The van der Waals surface area contributed by atoms with Crippen LogP contribution in [0.5, 0.6) is 0 Å². The van der Waals surface area contributed by atoms with E-state index in [9.17, 15) is 32.9 Å². The van der Waals surface area contributed by atoms with Crippen LogP contribution >= 0.6 is 11.6 Å². The molecule has 2 aromatic rings. The molecule has 1 heterocycles. The quantitative estimate of drug-likeness (QED) is 0.656. The Balaban J connectivity index is 2.25. The van der Waals surface area contributed by atoms with Crippen molar-refractivity contribution in [1.82, 2.24) is 4.57 Å². The molecule has 132 valence electrons. The van der Waals surface area contributed by atoms with Crippen molar-refractivity contribution in [1.29, 1.82) is 0 Å². The summed E-state index contributed by atoms with van der Waals surface area (Å²) in [5.41, 5.74) is -2.61. The Labute approximate surface area is 142 Å². The average Bonchev–Trinajstić information content (AvgIpc) is 2.50. The first-order valence-corrected chi connectivity index (χ1v) is 6.97. The lowest BCUT2D eigenvalue weighted by molar-refractivity contribution is -0.383. The van der Waals surface area contributed by atoms with Gasteiger partial charge in [-0.25, -0.2) is 0 Å². The number of nitrogens with zero attached hydrogens (tertiary/aromatic N) is 2. The number of alkyl halides is 3. The number of benzene rings is 1.